The van der Waals surface area contributed by atoms with E-state index in [0.717, 1.165) is 27.9 Å². The number of halogens is 1. The van der Waals surface area contributed by atoms with Crippen molar-refractivity contribution < 1.29 is 9.47 Å². The number of nitrogens with one attached hydrogen (secondary N) is 1. The normalized spacial score (nSPS) is 10.7. The predicted octanol–water partition coefficient (Wildman–Crippen LogP) is 5.71. The van der Waals surface area contributed by atoms with E-state index in [1.807, 2.05) is 60.7 Å². The molecule has 1 aromatic heterocycles. The second kappa shape index (κ2) is 7.74. The molecule has 0 aliphatic carbocycles. The molecule has 0 unspecified atom stereocenters. The first kappa shape index (κ1) is 18.1. The molecule has 0 aliphatic rings. The van der Waals surface area contributed by atoms with Gasteiger partial charge in [-0.25, -0.2) is 9.97 Å². The van der Waals surface area contributed by atoms with Crippen LogP contribution in [-0.4, -0.2) is 24.2 Å². The molecule has 0 bridgehead atoms. The number of hydrogen-bond acceptors (Lipinski definition) is 5. The van der Waals surface area contributed by atoms with E-state index in [2.05, 4.69) is 5.32 Å². The molecule has 28 heavy (non-hydrogen) atoms. The van der Waals surface area contributed by atoms with E-state index >= 15 is 0 Å². The smallest absolute Gasteiger partial charge is 0.162 e. The Morgan fingerprint density at radius 3 is 2.39 bits per heavy atom. The summed E-state index contributed by atoms with van der Waals surface area (Å²) < 4.78 is 10.7. The summed E-state index contributed by atoms with van der Waals surface area (Å²) in [4.78, 5) is 9.48. The van der Waals surface area contributed by atoms with Gasteiger partial charge in [-0.3, -0.25) is 0 Å². The van der Waals surface area contributed by atoms with Gasteiger partial charge in [-0.15, -0.1) is 0 Å². The van der Waals surface area contributed by atoms with Crippen molar-refractivity contribution in [1.29, 1.82) is 0 Å². The molecule has 0 saturated carbocycles. The van der Waals surface area contributed by atoms with Crippen molar-refractivity contribution in [3.63, 3.8) is 0 Å². The zero-order valence-corrected chi connectivity index (χ0v) is 16.2. The molecule has 140 valence electrons. The van der Waals surface area contributed by atoms with E-state index in [9.17, 15) is 0 Å². The summed E-state index contributed by atoms with van der Waals surface area (Å²) in [5, 5.41) is 4.87. The standard InChI is InChI=1S/C22H18ClN3O2/c1-27-16-10-7-14(8-11-16)21-24-18-6-4-3-5-17(18)22(26-21)25-19-13-15(23)9-12-20(19)28-2/h3-13H,1-2H3,(H,24,25,26). The Labute approximate surface area is 167 Å². The largest absolute Gasteiger partial charge is 0.497 e. The summed E-state index contributed by atoms with van der Waals surface area (Å²) in [5.41, 5.74) is 2.47. The van der Waals surface area contributed by atoms with Crippen molar-refractivity contribution in [2.75, 3.05) is 19.5 Å². The maximum absolute atomic E-state index is 6.17. The molecular formula is C22H18ClN3O2. The Bertz CT molecular complexity index is 1130. The van der Waals surface area contributed by atoms with Crippen LogP contribution >= 0.6 is 11.6 Å². The molecule has 0 saturated heterocycles. The summed E-state index contributed by atoms with van der Waals surface area (Å²) >= 11 is 6.17. The maximum Gasteiger partial charge on any atom is 0.162 e. The molecule has 6 heteroatoms. The fourth-order valence-electron chi connectivity index (χ4n) is 2.95. The van der Waals surface area contributed by atoms with Crippen LogP contribution in [0.3, 0.4) is 0 Å². The van der Waals surface area contributed by atoms with E-state index in [4.69, 9.17) is 31.0 Å². The number of rotatable bonds is 5. The summed E-state index contributed by atoms with van der Waals surface area (Å²) in [6.07, 6.45) is 0. The maximum atomic E-state index is 6.17. The van der Waals surface area contributed by atoms with Crippen LogP contribution in [0.15, 0.2) is 66.7 Å². The highest BCUT2D eigenvalue weighted by Crippen LogP contribution is 2.33. The molecular weight excluding hydrogens is 374 g/mol. The molecule has 0 fully saturated rings. The van der Waals surface area contributed by atoms with Crippen LogP contribution in [0.1, 0.15) is 0 Å². The van der Waals surface area contributed by atoms with E-state index in [-0.39, 0.29) is 0 Å². The van der Waals surface area contributed by atoms with Gasteiger partial charge in [0.2, 0.25) is 0 Å². The molecule has 3 aromatic carbocycles. The van der Waals surface area contributed by atoms with E-state index < -0.39 is 0 Å². The average Bonchev–Trinajstić information content (AvgIpc) is 2.74. The molecule has 4 rings (SSSR count). The lowest BCUT2D eigenvalue weighted by molar-refractivity contribution is 0.415. The zero-order chi connectivity index (χ0) is 19.5. The Morgan fingerprint density at radius 2 is 1.64 bits per heavy atom. The van der Waals surface area contributed by atoms with Gasteiger partial charge >= 0.3 is 0 Å². The number of fused-ring (bicyclic) bond motifs is 1. The van der Waals surface area contributed by atoms with Crippen LogP contribution in [0.4, 0.5) is 11.5 Å². The second-order valence-corrected chi connectivity index (χ2v) is 6.55. The van der Waals surface area contributed by atoms with Gasteiger partial charge < -0.3 is 14.8 Å². The molecule has 4 aromatic rings. The van der Waals surface area contributed by atoms with Crippen molar-refractivity contribution in [3.8, 4) is 22.9 Å². The Hall–Kier alpha value is -3.31. The summed E-state index contributed by atoms with van der Waals surface area (Å²) in [5.74, 6) is 2.76. The number of ether oxygens (including phenoxy) is 2. The second-order valence-electron chi connectivity index (χ2n) is 6.11. The van der Waals surface area contributed by atoms with Gasteiger partial charge in [0.15, 0.2) is 5.82 Å². The highest BCUT2D eigenvalue weighted by molar-refractivity contribution is 6.31. The van der Waals surface area contributed by atoms with Crippen molar-refractivity contribution in [2.45, 2.75) is 0 Å². The van der Waals surface area contributed by atoms with E-state index in [1.165, 1.54) is 0 Å². The molecule has 0 atom stereocenters. The molecule has 1 heterocycles. The van der Waals surface area contributed by atoms with Gasteiger partial charge in [0.1, 0.15) is 17.3 Å². The number of aromatic nitrogens is 2. The van der Waals surface area contributed by atoms with Gasteiger partial charge in [0.25, 0.3) is 0 Å². The first-order valence-corrected chi connectivity index (χ1v) is 9.07. The molecule has 0 aliphatic heterocycles. The fraction of sp³-hybridized carbons (Fsp3) is 0.0909. The van der Waals surface area contributed by atoms with Gasteiger partial charge in [0.05, 0.1) is 25.4 Å². The van der Waals surface area contributed by atoms with Crippen LogP contribution in [0.2, 0.25) is 5.02 Å². The van der Waals surface area contributed by atoms with Crippen molar-refractivity contribution >= 4 is 34.0 Å². The third kappa shape index (κ3) is 3.57. The number of benzene rings is 3. The minimum absolute atomic E-state index is 0.608. The molecule has 1 N–H and O–H groups in total. The Kier molecular flexibility index (Phi) is 5.00. The molecule has 5 nitrogen and oxygen atoms in total. The van der Waals surface area contributed by atoms with Crippen LogP contribution in [0.25, 0.3) is 22.3 Å². The Balaban J connectivity index is 1.84. The van der Waals surface area contributed by atoms with Crippen molar-refractivity contribution in [3.05, 3.63) is 71.8 Å². The molecule has 0 radical (unpaired) electrons. The SMILES string of the molecule is COc1ccc(-c2nc(Nc3cc(Cl)ccc3OC)c3ccccc3n2)cc1. The number of para-hydroxylation sites is 1. The molecule has 0 spiro atoms. The summed E-state index contributed by atoms with van der Waals surface area (Å²) in [7, 11) is 3.26. The number of hydrogen-bond donors (Lipinski definition) is 1. The number of methoxy groups -OCH3 is 2. The highest BCUT2D eigenvalue weighted by atomic mass is 35.5. The lowest BCUT2D eigenvalue weighted by Crippen LogP contribution is -2.01. The highest BCUT2D eigenvalue weighted by Gasteiger charge is 2.12. The first-order chi connectivity index (χ1) is 13.7. The lowest BCUT2D eigenvalue weighted by Gasteiger charge is -2.14. The third-order valence-corrected chi connectivity index (χ3v) is 4.60. The monoisotopic (exact) mass is 391 g/mol. The van der Waals surface area contributed by atoms with Gasteiger partial charge in [-0.05, 0) is 54.6 Å². The quantitative estimate of drug-likeness (QED) is 0.472. The van der Waals surface area contributed by atoms with Crippen LogP contribution in [0, 0.1) is 0 Å². The minimum atomic E-state index is 0.608. The van der Waals surface area contributed by atoms with Crippen LogP contribution in [-0.2, 0) is 0 Å². The first-order valence-electron chi connectivity index (χ1n) is 8.69. The third-order valence-electron chi connectivity index (χ3n) is 4.37. The summed E-state index contributed by atoms with van der Waals surface area (Å²) in [6, 6.07) is 20.9. The van der Waals surface area contributed by atoms with E-state index in [1.54, 1.807) is 20.3 Å². The number of nitrogens with zero attached hydrogens (tertiary/aromatic N) is 2. The fourth-order valence-corrected chi connectivity index (χ4v) is 3.12. The van der Waals surface area contributed by atoms with Gasteiger partial charge in [-0.1, -0.05) is 23.7 Å². The topological polar surface area (TPSA) is 56.3 Å². The molecule has 0 amide bonds. The van der Waals surface area contributed by atoms with Gasteiger partial charge in [0, 0.05) is 16.0 Å². The summed E-state index contributed by atoms with van der Waals surface area (Å²) in [6.45, 7) is 0. The van der Waals surface area contributed by atoms with Crippen LogP contribution in [0.5, 0.6) is 11.5 Å². The lowest BCUT2D eigenvalue weighted by atomic mass is 10.1. The average molecular weight is 392 g/mol. The predicted molar refractivity (Wildman–Crippen MR) is 113 cm³/mol. The van der Waals surface area contributed by atoms with Gasteiger partial charge in [-0.2, -0.15) is 0 Å². The van der Waals surface area contributed by atoms with Crippen LogP contribution < -0.4 is 14.8 Å². The zero-order valence-electron chi connectivity index (χ0n) is 15.4. The van der Waals surface area contributed by atoms with Crippen molar-refractivity contribution in [1.82, 2.24) is 9.97 Å². The minimum Gasteiger partial charge on any atom is -0.497 e. The number of anilines is 2. The Morgan fingerprint density at radius 1 is 0.857 bits per heavy atom. The van der Waals surface area contributed by atoms with E-state index in [0.29, 0.717) is 22.4 Å². The van der Waals surface area contributed by atoms with Crippen molar-refractivity contribution in [2.24, 2.45) is 0 Å².